The van der Waals surface area contributed by atoms with E-state index in [1.165, 1.54) is 0 Å². The molecular formula is C27H32N2O6. The minimum absolute atomic E-state index is 0.0611. The van der Waals surface area contributed by atoms with Crippen LogP contribution in [0, 0.1) is 13.8 Å². The lowest BCUT2D eigenvalue weighted by atomic mass is 10.1. The van der Waals surface area contributed by atoms with Gasteiger partial charge in [0.1, 0.15) is 11.5 Å². The van der Waals surface area contributed by atoms with Gasteiger partial charge < -0.3 is 24.4 Å². The summed E-state index contributed by atoms with van der Waals surface area (Å²) in [5.41, 5.74) is 2.91. The fraction of sp³-hybridized carbons (Fsp3) is 0.444. The van der Waals surface area contributed by atoms with Crippen LogP contribution >= 0.6 is 0 Å². The van der Waals surface area contributed by atoms with Gasteiger partial charge in [0, 0.05) is 31.7 Å². The van der Waals surface area contributed by atoms with Crippen molar-refractivity contribution in [2.45, 2.75) is 45.6 Å². The zero-order chi connectivity index (χ0) is 24.8. The van der Waals surface area contributed by atoms with Crippen LogP contribution in [0.2, 0.25) is 0 Å². The molecule has 186 valence electrons. The highest BCUT2D eigenvalue weighted by molar-refractivity contribution is 6.02. The first-order valence-electron chi connectivity index (χ1n) is 12.1. The molecule has 0 bridgehead atoms. The van der Waals surface area contributed by atoms with Crippen molar-refractivity contribution < 1.29 is 28.6 Å². The number of nitrogens with one attached hydrogen (secondary N) is 1. The SMILES string of the molecule is Cc1cccc(C)c1OCC(=O)c1ccc2c(c1)N(CCCC(=O)NCC1CCCO1)C(=O)CO2. The Balaban J connectivity index is 1.35. The van der Waals surface area contributed by atoms with E-state index in [4.69, 9.17) is 14.2 Å². The van der Waals surface area contributed by atoms with Crippen LogP contribution in [0.4, 0.5) is 5.69 Å². The molecule has 0 aliphatic carbocycles. The molecule has 2 amide bonds. The van der Waals surface area contributed by atoms with E-state index in [1.807, 2.05) is 32.0 Å². The zero-order valence-electron chi connectivity index (χ0n) is 20.3. The Morgan fingerprint density at radius 3 is 2.71 bits per heavy atom. The molecule has 1 atom stereocenters. The predicted molar refractivity (Wildman–Crippen MR) is 131 cm³/mol. The summed E-state index contributed by atoms with van der Waals surface area (Å²) in [5, 5.41) is 2.90. The zero-order valence-corrected chi connectivity index (χ0v) is 20.3. The molecule has 0 radical (unpaired) electrons. The quantitative estimate of drug-likeness (QED) is 0.524. The van der Waals surface area contributed by atoms with E-state index >= 15 is 0 Å². The third-order valence-electron chi connectivity index (χ3n) is 6.32. The first kappa shape index (κ1) is 24.7. The van der Waals surface area contributed by atoms with Crippen molar-refractivity contribution in [3.63, 3.8) is 0 Å². The minimum atomic E-state index is -0.200. The molecule has 2 aromatic rings. The molecule has 1 unspecified atom stereocenters. The third kappa shape index (κ3) is 6.19. The monoisotopic (exact) mass is 480 g/mol. The molecule has 8 nitrogen and oxygen atoms in total. The number of carbonyl (C=O) groups is 3. The van der Waals surface area contributed by atoms with E-state index in [2.05, 4.69) is 5.32 Å². The van der Waals surface area contributed by atoms with Gasteiger partial charge in [0.2, 0.25) is 5.91 Å². The summed E-state index contributed by atoms with van der Waals surface area (Å²) in [6.07, 6.45) is 2.89. The van der Waals surface area contributed by atoms with Crippen LogP contribution in [0.25, 0.3) is 0 Å². The van der Waals surface area contributed by atoms with Gasteiger partial charge in [0.15, 0.2) is 19.0 Å². The minimum Gasteiger partial charge on any atom is -0.485 e. The predicted octanol–water partition coefficient (Wildman–Crippen LogP) is 3.37. The molecule has 1 fully saturated rings. The van der Waals surface area contributed by atoms with Gasteiger partial charge in [-0.1, -0.05) is 18.2 Å². The fourth-order valence-corrected chi connectivity index (χ4v) is 4.39. The summed E-state index contributed by atoms with van der Waals surface area (Å²) in [6.45, 7) is 5.34. The molecule has 2 aliphatic heterocycles. The van der Waals surface area contributed by atoms with Gasteiger partial charge in [-0.2, -0.15) is 0 Å². The number of hydrogen-bond acceptors (Lipinski definition) is 6. The Kier molecular flexibility index (Phi) is 8.02. The maximum atomic E-state index is 12.9. The van der Waals surface area contributed by atoms with Gasteiger partial charge >= 0.3 is 0 Å². The standard InChI is InChI=1S/C27H32N2O6/c1-18-6-3-7-19(2)27(18)35-16-23(30)20-10-11-24-22(14-20)29(26(32)17-34-24)12-4-9-25(31)28-15-21-8-5-13-33-21/h3,6-7,10-11,14,21H,4-5,8-9,12-13,15-17H2,1-2H3,(H,28,31). The summed E-state index contributed by atoms with van der Waals surface area (Å²) < 4.78 is 16.9. The summed E-state index contributed by atoms with van der Waals surface area (Å²) >= 11 is 0. The number of aryl methyl sites for hydroxylation is 2. The van der Waals surface area contributed by atoms with E-state index in [0.717, 1.165) is 30.6 Å². The number of carbonyl (C=O) groups excluding carboxylic acids is 3. The molecular weight excluding hydrogens is 448 g/mol. The van der Waals surface area contributed by atoms with Crippen molar-refractivity contribution in [1.29, 1.82) is 0 Å². The molecule has 2 heterocycles. The Labute approximate surface area is 205 Å². The van der Waals surface area contributed by atoms with E-state index in [1.54, 1.807) is 23.1 Å². The lowest BCUT2D eigenvalue weighted by molar-refractivity contribution is -0.123. The topological polar surface area (TPSA) is 94.2 Å². The molecule has 1 N–H and O–H groups in total. The first-order chi connectivity index (χ1) is 16.9. The molecule has 8 heteroatoms. The van der Waals surface area contributed by atoms with Crippen LogP contribution in [0.1, 0.15) is 47.2 Å². The van der Waals surface area contributed by atoms with Gasteiger partial charge in [-0.05, 0) is 62.4 Å². The maximum absolute atomic E-state index is 12.9. The van der Waals surface area contributed by atoms with Gasteiger partial charge in [0.05, 0.1) is 11.8 Å². The highest BCUT2D eigenvalue weighted by Crippen LogP contribution is 2.33. The normalized spacial score (nSPS) is 17.0. The van der Waals surface area contributed by atoms with Gasteiger partial charge in [-0.25, -0.2) is 0 Å². The first-order valence-corrected chi connectivity index (χ1v) is 12.1. The second-order valence-corrected chi connectivity index (χ2v) is 8.99. The van der Waals surface area contributed by atoms with E-state index in [9.17, 15) is 14.4 Å². The van der Waals surface area contributed by atoms with Crippen molar-refractivity contribution in [3.05, 3.63) is 53.1 Å². The lowest BCUT2D eigenvalue weighted by Gasteiger charge is -2.29. The number of nitrogens with zero attached hydrogens (tertiary/aromatic N) is 1. The number of rotatable bonds is 10. The second-order valence-electron chi connectivity index (χ2n) is 8.99. The number of benzene rings is 2. The molecule has 0 saturated carbocycles. The summed E-state index contributed by atoms with van der Waals surface area (Å²) in [5.74, 6) is 0.793. The number of ketones is 1. The number of Topliss-reactive ketones (excluding diaryl/α,β-unsaturated/α-hetero) is 1. The third-order valence-corrected chi connectivity index (χ3v) is 6.32. The lowest BCUT2D eigenvalue weighted by Crippen LogP contribution is -2.40. The summed E-state index contributed by atoms with van der Waals surface area (Å²) in [4.78, 5) is 39.2. The number of fused-ring (bicyclic) bond motifs is 1. The van der Waals surface area contributed by atoms with Crippen LogP contribution in [0.5, 0.6) is 11.5 Å². The average molecular weight is 481 g/mol. The second kappa shape index (κ2) is 11.4. The maximum Gasteiger partial charge on any atom is 0.265 e. The number of para-hydroxylation sites is 1. The molecule has 35 heavy (non-hydrogen) atoms. The highest BCUT2D eigenvalue weighted by Gasteiger charge is 2.27. The van der Waals surface area contributed by atoms with E-state index in [0.29, 0.717) is 48.7 Å². The van der Waals surface area contributed by atoms with E-state index in [-0.39, 0.29) is 36.9 Å². The summed E-state index contributed by atoms with van der Waals surface area (Å²) in [7, 11) is 0. The van der Waals surface area contributed by atoms with Crippen molar-refractivity contribution in [1.82, 2.24) is 5.32 Å². The van der Waals surface area contributed by atoms with E-state index < -0.39 is 0 Å². The van der Waals surface area contributed by atoms with Crippen molar-refractivity contribution in [2.75, 3.05) is 37.8 Å². The van der Waals surface area contributed by atoms with Crippen LogP contribution < -0.4 is 19.7 Å². The molecule has 1 saturated heterocycles. The Morgan fingerprint density at radius 2 is 1.97 bits per heavy atom. The highest BCUT2D eigenvalue weighted by atomic mass is 16.5. The number of anilines is 1. The van der Waals surface area contributed by atoms with Crippen LogP contribution in [0.3, 0.4) is 0 Å². The fourth-order valence-electron chi connectivity index (χ4n) is 4.39. The molecule has 0 spiro atoms. The molecule has 2 aliphatic rings. The molecule has 0 aromatic heterocycles. The van der Waals surface area contributed by atoms with Gasteiger partial charge in [0.25, 0.3) is 5.91 Å². The average Bonchev–Trinajstić information content (AvgIpc) is 3.37. The molecule has 2 aromatic carbocycles. The van der Waals surface area contributed by atoms with Crippen LogP contribution in [0.15, 0.2) is 36.4 Å². The van der Waals surface area contributed by atoms with Crippen molar-refractivity contribution in [3.8, 4) is 11.5 Å². The molecule has 4 rings (SSSR count). The van der Waals surface area contributed by atoms with Crippen LogP contribution in [-0.4, -0.2) is 56.6 Å². The Hall–Kier alpha value is -3.39. The Morgan fingerprint density at radius 1 is 1.17 bits per heavy atom. The van der Waals surface area contributed by atoms with Crippen molar-refractivity contribution in [2.24, 2.45) is 0 Å². The number of hydrogen-bond donors (Lipinski definition) is 1. The summed E-state index contributed by atoms with van der Waals surface area (Å²) in [6, 6.07) is 10.9. The largest absolute Gasteiger partial charge is 0.485 e. The number of ether oxygens (including phenoxy) is 3. The smallest absolute Gasteiger partial charge is 0.265 e. The Bertz CT molecular complexity index is 1070. The number of amides is 2. The van der Waals surface area contributed by atoms with Crippen LogP contribution in [-0.2, 0) is 14.3 Å². The van der Waals surface area contributed by atoms with Gasteiger partial charge in [-0.3, -0.25) is 14.4 Å². The van der Waals surface area contributed by atoms with Crippen molar-refractivity contribution >= 4 is 23.3 Å². The van der Waals surface area contributed by atoms with Gasteiger partial charge in [-0.15, -0.1) is 0 Å².